The molecule has 0 amide bonds. The van der Waals surface area contributed by atoms with Gasteiger partial charge in [-0.05, 0) is 36.4 Å². The zero-order valence-electron chi connectivity index (χ0n) is 9.15. The van der Waals surface area contributed by atoms with E-state index in [0.717, 1.165) is 20.8 Å². The van der Waals surface area contributed by atoms with Gasteiger partial charge < -0.3 is 5.73 Å². The Morgan fingerprint density at radius 3 is 2.78 bits per heavy atom. The molecule has 2 nitrogen and oxygen atoms in total. The van der Waals surface area contributed by atoms with Crippen LogP contribution in [0.1, 0.15) is 0 Å². The summed E-state index contributed by atoms with van der Waals surface area (Å²) >= 11 is 7.28. The molecule has 5 heteroatoms. The number of anilines is 1. The fourth-order valence-corrected chi connectivity index (χ4v) is 2.88. The van der Waals surface area contributed by atoms with E-state index in [1.165, 1.54) is 17.4 Å². The van der Waals surface area contributed by atoms with Crippen molar-refractivity contribution in [3.63, 3.8) is 0 Å². The minimum Gasteiger partial charge on any atom is -0.399 e. The largest absolute Gasteiger partial charge is 0.399 e. The molecule has 3 aromatic rings. The van der Waals surface area contributed by atoms with Crippen LogP contribution in [0, 0.1) is 5.82 Å². The third kappa shape index (κ3) is 1.94. The van der Waals surface area contributed by atoms with E-state index >= 15 is 0 Å². The first kappa shape index (κ1) is 11.4. The van der Waals surface area contributed by atoms with Gasteiger partial charge in [0.2, 0.25) is 0 Å². The maximum atomic E-state index is 13.1. The standard InChI is InChI=1S/C13H8ClFN2S/c14-9-5-7(1-3-10(9)15)13-17-11-4-2-8(16)6-12(11)18-13/h1-6H,16H2. The number of thiazole rings is 1. The summed E-state index contributed by atoms with van der Waals surface area (Å²) in [6.07, 6.45) is 0. The van der Waals surface area contributed by atoms with E-state index in [-0.39, 0.29) is 5.02 Å². The molecule has 0 radical (unpaired) electrons. The Kier molecular flexibility index (Phi) is 2.69. The van der Waals surface area contributed by atoms with Gasteiger partial charge >= 0.3 is 0 Å². The van der Waals surface area contributed by atoms with E-state index in [1.807, 2.05) is 18.2 Å². The van der Waals surface area contributed by atoms with Gasteiger partial charge in [-0.3, -0.25) is 0 Å². The molecule has 1 heterocycles. The number of fused-ring (bicyclic) bond motifs is 1. The van der Waals surface area contributed by atoms with Crippen molar-refractivity contribution in [2.45, 2.75) is 0 Å². The molecule has 0 aliphatic rings. The second kappa shape index (κ2) is 4.23. The molecule has 1 aromatic heterocycles. The minimum atomic E-state index is -0.425. The van der Waals surface area contributed by atoms with Crippen molar-refractivity contribution >= 4 is 38.8 Å². The number of nitrogen functional groups attached to an aromatic ring is 1. The molecule has 0 spiro atoms. The lowest BCUT2D eigenvalue weighted by atomic mass is 10.2. The molecule has 0 fully saturated rings. The highest BCUT2D eigenvalue weighted by atomic mass is 35.5. The Hall–Kier alpha value is -1.65. The van der Waals surface area contributed by atoms with Crippen LogP contribution in [0.2, 0.25) is 5.02 Å². The fraction of sp³-hybridized carbons (Fsp3) is 0. The summed E-state index contributed by atoms with van der Waals surface area (Å²) in [7, 11) is 0. The van der Waals surface area contributed by atoms with Crippen molar-refractivity contribution < 1.29 is 4.39 Å². The Balaban J connectivity index is 2.16. The molecule has 0 saturated carbocycles. The first-order valence-electron chi connectivity index (χ1n) is 5.25. The van der Waals surface area contributed by atoms with Crippen molar-refractivity contribution in [3.8, 4) is 10.6 Å². The monoisotopic (exact) mass is 278 g/mol. The van der Waals surface area contributed by atoms with Gasteiger partial charge in [-0.2, -0.15) is 0 Å². The first-order valence-corrected chi connectivity index (χ1v) is 6.44. The number of aromatic nitrogens is 1. The highest BCUT2D eigenvalue weighted by Gasteiger charge is 2.08. The molecule has 0 saturated heterocycles. The van der Waals surface area contributed by atoms with E-state index in [0.29, 0.717) is 5.69 Å². The van der Waals surface area contributed by atoms with Crippen molar-refractivity contribution in [1.82, 2.24) is 4.98 Å². The molecule has 0 bridgehead atoms. The van der Waals surface area contributed by atoms with Crippen LogP contribution >= 0.6 is 22.9 Å². The van der Waals surface area contributed by atoms with Crippen LogP contribution in [0.5, 0.6) is 0 Å². The second-order valence-corrected chi connectivity index (χ2v) is 5.31. The van der Waals surface area contributed by atoms with Gasteiger partial charge in [-0.1, -0.05) is 11.6 Å². The van der Waals surface area contributed by atoms with Crippen LogP contribution in [0.4, 0.5) is 10.1 Å². The van der Waals surface area contributed by atoms with Crippen LogP contribution in [-0.2, 0) is 0 Å². The maximum Gasteiger partial charge on any atom is 0.141 e. The summed E-state index contributed by atoms with van der Waals surface area (Å²) in [6, 6.07) is 10.2. The number of rotatable bonds is 1. The molecular formula is C13H8ClFN2S. The van der Waals surface area contributed by atoms with Gasteiger partial charge in [0.05, 0.1) is 15.2 Å². The van der Waals surface area contributed by atoms with Crippen LogP contribution in [0.3, 0.4) is 0 Å². The molecule has 0 atom stereocenters. The zero-order chi connectivity index (χ0) is 12.7. The van der Waals surface area contributed by atoms with Gasteiger partial charge in [0.25, 0.3) is 0 Å². The van der Waals surface area contributed by atoms with E-state index in [4.69, 9.17) is 17.3 Å². The summed E-state index contributed by atoms with van der Waals surface area (Å²) < 4.78 is 14.1. The lowest BCUT2D eigenvalue weighted by Gasteiger charge is -1.97. The molecule has 2 N–H and O–H groups in total. The van der Waals surface area contributed by atoms with Gasteiger partial charge in [-0.25, -0.2) is 9.37 Å². The average molecular weight is 279 g/mol. The molecule has 2 aromatic carbocycles. The van der Waals surface area contributed by atoms with Crippen molar-refractivity contribution in [2.75, 3.05) is 5.73 Å². The Bertz CT molecular complexity index is 739. The lowest BCUT2D eigenvalue weighted by Crippen LogP contribution is -1.81. The number of hydrogen-bond acceptors (Lipinski definition) is 3. The van der Waals surface area contributed by atoms with Crippen LogP contribution < -0.4 is 5.73 Å². The lowest BCUT2D eigenvalue weighted by molar-refractivity contribution is 0.628. The number of nitrogens with zero attached hydrogens (tertiary/aromatic N) is 1. The number of nitrogens with two attached hydrogens (primary N) is 1. The highest BCUT2D eigenvalue weighted by Crippen LogP contribution is 2.32. The molecule has 0 aliphatic heterocycles. The van der Waals surface area contributed by atoms with Gasteiger partial charge in [0, 0.05) is 11.3 Å². The minimum absolute atomic E-state index is 0.103. The summed E-state index contributed by atoms with van der Waals surface area (Å²) in [5.41, 5.74) is 8.11. The fourth-order valence-electron chi connectivity index (χ4n) is 1.69. The van der Waals surface area contributed by atoms with E-state index < -0.39 is 5.82 Å². The van der Waals surface area contributed by atoms with Crippen molar-refractivity contribution in [3.05, 3.63) is 47.2 Å². The van der Waals surface area contributed by atoms with Crippen molar-refractivity contribution in [1.29, 1.82) is 0 Å². The van der Waals surface area contributed by atoms with E-state index in [2.05, 4.69) is 4.98 Å². The van der Waals surface area contributed by atoms with Crippen LogP contribution in [0.15, 0.2) is 36.4 Å². The van der Waals surface area contributed by atoms with Crippen molar-refractivity contribution in [2.24, 2.45) is 0 Å². The molecular weight excluding hydrogens is 271 g/mol. The Morgan fingerprint density at radius 1 is 1.17 bits per heavy atom. The highest BCUT2D eigenvalue weighted by molar-refractivity contribution is 7.21. The number of hydrogen-bond donors (Lipinski definition) is 1. The Morgan fingerprint density at radius 2 is 2.00 bits per heavy atom. The SMILES string of the molecule is Nc1ccc2nc(-c3ccc(F)c(Cl)c3)sc2c1. The third-order valence-corrected chi connectivity index (χ3v) is 3.94. The average Bonchev–Trinajstić information content (AvgIpc) is 2.75. The van der Waals surface area contributed by atoms with E-state index in [9.17, 15) is 4.39 Å². The quantitative estimate of drug-likeness (QED) is 0.673. The molecule has 18 heavy (non-hydrogen) atoms. The van der Waals surface area contributed by atoms with Gasteiger partial charge in [0.1, 0.15) is 10.8 Å². The number of benzene rings is 2. The smallest absolute Gasteiger partial charge is 0.141 e. The second-order valence-electron chi connectivity index (χ2n) is 3.88. The van der Waals surface area contributed by atoms with E-state index in [1.54, 1.807) is 12.1 Å². The molecule has 0 unspecified atom stereocenters. The van der Waals surface area contributed by atoms with Gasteiger partial charge in [0.15, 0.2) is 0 Å². The number of halogens is 2. The van der Waals surface area contributed by atoms with Crippen LogP contribution in [0.25, 0.3) is 20.8 Å². The summed E-state index contributed by atoms with van der Waals surface area (Å²) in [4.78, 5) is 4.48. The molecule has 90 valence electrons. The predicted octanol–water partition coefficient (Wildman–Crippen LogP) is 4.34. The molecule has 3 rings (SSSR count). The van der Waals surface area contributed by atoms with Gasteiger partial charge in [-0.15, -0.1) is 11.3 Å². The summed E-state index contributed by atoms with van der Waals surface area (Å²) in [6.45, 7) is 0. The van der Waals surface area contributed by atoms with Crippen LogP contribution in [-0.4, -0.2) is 4.98 Å². The topological polar surface area (TPSA) is 38.9 Å². The summed E-state index contributed by atoms with van der Waals surface area (Å²) in [5.74, 6) is -0.425. The third-order valence-electron chi connectivity index (χ3n) is 2.58. The first-order chi connectivity index (χ1) is 8.63. The molecule has 0 aliphatic carbocycles. The maximum absolute atomic E-state index is 13.1. The predicted molar refractivity (Wildman–Crippen MR) is 74.4 cm³/mol. The zero-order valence-corrected chi connectivity index (χ0v) is 10.7. The summed E-state index contributed by atoms with van der Waals surface area (Å²) in [5, 5.41) is 0.906. The Labute approximate surface area is 112 Å². The normalized spacial score (nSPS) is 11.0.